The molecule has 1 aliphatic heterocycles. The summed E-state index contributed by atoms with van der Waals surface area (Å²) < 4.78 is 1.61. The zero-order valence-corrected chi connectivity index (χ0v) is 22.8. The van der Waals surface area contributed by atoms with Crippen molar-refractivity contribution in [3.05, 3.63) is 131 Å². The van der Waals surface area contributed by atoms with Gasteiger partial charge in [0.15, 0.2) is 0 Å². The largest absolute Gasteiger partial charge is 0.268 e. The standard InChI is InChI=1S/C35H18N6O3/c42-33-20-12-13-22-31-21(34(43)41(35(22)44)29-9-3-6-16-38-29)11-10-19(30(20)31)32-39-27-17-23(25-7-1-4-14-36-25)24(18-28(27)40(32)33)26-8-2-5-15-37-26/h1-18H. The first-order valence-corrected chi connectivity index (χ1v) is 13.9. The number of hydrogen-bond acceptors (Lipinski definition) is 7. The van der Waals surface area contributed by atoms with Crippen LogP contribution in [0.15, 0.2) is 114 Å². The zero-order valence-electron chi connectivity index (χ0n) is 22.8. The van der Waals surface area contributed by atoms with E-state index in [0.717, 1.165) is 27.4 Å². The van der Waals surface area contributed by atoms with Crippen LogP contribution in [-0.4, -0.2) is 36.2 Å². The van der Waals surface area contributed by atoms with E-state index in [2.05, 4.69) is 15.0 Å². The Bertz CT molecular complexity index is 2530. The minimum absolute atomic E-state index is 0.242. The Kier molecular flexibility index (Phi) is 4.87. The monoisotopic (exact) mass is 570 g/mol. The van der Waals surface area contributed by atoms with E-state index >= 15 is 0 Å². The summed E-state index contributed by atoms with van der Waals surface area (Å²) in [5, 5.41) is 2.07. The van der Waals surface area contributed by atoms with Crippen molar-refractivity contribution in [2.75, 3.05) is 4.90 Å². The second kappa shape index (κ2) is 8.83. The van der Waals surface area contributed by atoms with Crippen LogP contribution in [0.2, 0.25) is 0 Å². The molecule has 0 spiro atoms. The Balaban J connectivity index is 1.36. The molecule has 0 aliphatic carbocycles. The molecule has 0 radical (unpaired) electrons. The van der Waals surface area contributed by atoms with Crippen molar-refractivity contribution in [1.82, 2.24) is 24.3 Å². The molecule has 0 fully saturated rings. The van der Waals surface area contributed by atoms with Crippen LogP contribution in [0, 0.1) is 0 Å². The summed E-state index contributed by atoms with van der Waals surface area (Å²) >= 11 is 0. The third-order valence-corrected chi connectivity index (χ3v) is 8.26. The summed E-state index contributed by atoms with van der Waals surface area (Å²) in [6.07, 6.45) is 5.00. The first-order chi connectivity index (χ1) is 21.6. The number of hydrogen-bond donors (Lipinski definition) is 0. The zero-order chi connectivity index (χ0) is 29.5. The van der Waals surface area contributed by atoms with Crippen LogP contribution in [0.25, 0.3) is 60.7 Å². The Labute approximate surface area is 248 Å². The van der Waals surface area contributed by atoms with Gasteiger partial charge in [0.05, 0.1) is 22.4 Å². The fourth-order valence-electron chi connectivity index (χ4n) is 6.34. The van der Waals surface area contributed by atoms with Crippen molar-refractivity contribution in [3.63, 3.8) is 0 Å². The molecule has 0 atom stereocenters. The van der Waals surface area contributed by atoms with Crippen LogP contribution in [0.1, 0.15) is 20.7 Å². The predicted molar refractivity (Wildman–Crippen MR) is 167 cm³/mol. The number of anilines is 1. The van der Waals surface area contributed by atoms with E-state index in [1.165, 1.54) is 6.20 Å². The predicted octanol–water partition coefficient (Wildman–Crippen LogP) is 5.91. The number of carbonyl (C=O) groups excluding carboxylic acids is 2. The summed E-state index contributed by atoms with van der Waals surface area (Å²) in [7, 11) is 0. The molecule has 9 rings (SSSR count). The lowest BCUT2D eigenvalue weighted by molar-refractivity contribution is 0.0892. The molecule has 9 nitrogen and oxygen atoms in total. The van der Waals surface area contributed by atoms with E-state index < -0.39 is 11.8 Å². The lowest BCUT2D eigenvalue weighted by Crippen LogP contribution is -2.41. The number of nitrogens with zero attached hydrogens (tertiary/aromatic N) is 6. The van der Waals surface area contributed by atoms with Gasteiger partial charge in [-0.1, -0.05) is 18.2 Å². The summed E-state index contributed by atoms with van der Waals surface area (Å²) in [6.45, 7) is 0. The Morgan fingerprint density at radius 2 is 1.16 bits per heavy atom. The molecule has 9 heteroatoms. The fraction of sp³-hybridized carbons (Fsp3) is 0. The molecule has 5 aromatic heterocycles. The van der Waals surface area contributed by atoms with Crippen molar-refractivity contribution >= 4 is 55.9 Å². The molecule has 0 N–H and O–H groups in total. The molecule has 0 bridgehead atoms. The number of aromatic nitrogens is 5. The summed E-state index contributed by atoms with van der Waals surface area (Å²) in [5.41, 5.74) is 5.19. The highest BCUT2D eigenvalue weighted by molar-refractivity contribution is 6.38. The minimum Gasteiger partial charge on any atom is -0.268 e. The highest BCUT2D eigenvalue weighted by Crippen LogP contribution is 2.39. The number of fused-ring (bicyclic) bond motifs is 4. The smallest absolute Gasteiger partial charge is 0.267 e. The van der Waals surface area contributed by atoms with Gasteiger partial charge < -0.3 is 0 Å². The van der Waals surface area contributed by atoms with E-state index in [-0.39, 0.29) is 11.4 Å². The third kappa shape index (κ3) is 3.20. The topological polar surface area (TPSA) is 110 Å². The van der Waals surface area contributed by atoms with Crippen molar-refractivity contribution < 1.29 is 9.59 Å². The van der Waals surface area contributed by atoms with Crippen LogP contribution < -0.4 is 10.5 Å². The Morgan fingerprint density at radius 1 is 0.545 bits per heavy atom. The van der Waals surface area contributed by atoms with Gasteiger partial charge in [-0.15, -0.1) is 0 Å². The van der Waals surface area contributed by atoms with Crippen LogP contribution >= 0.6 is 0 Å². The van der Waals surface area contributed by atoms with Crippen molar-refractivity contribution in [2.45, 2.75) is 0 Å². The second-order valence-electron chi connectivity index (χ2n) is 10.6. The Hall–Kier alpha value is -6.35. The molecule has 44 heavy (non-hydrogen) atoms. The number of carbonyl (C=O) groups is 2. The number of amides is 2. The minimum atomic E-state index is -0.489. The van der Waals surface area contributed by atoms with E-state index in [1.807, 2.05) is 48.5 Å². The first-order valence-electron chi connectivity index (χ1n) is 13.9. The maximum Gasteiger partial charge on any atom is 0.267 e. The number of imide groups is 1. The van der Waals surface area contributed by atoms with Gasteiger partial charge in [0.2, 0.25) is 0 Å². The van der Waals surface area contributed by atoms with Crippen LogP contribution in [0.5, 0.6) is 0 Å². The van der Waals surface area contributed by atoms with E-state index in [1.54, 1.807) is 59.3 Å². The maximum atomic E-state index is 14.3. The van der Waals surface area contributed by atoms with E-state index in [9.17, 15) is 14.4 Å². The SMILES string of the molecule is O=C1c2ccc3c(=O)n4c5cc(-c6ccccn6)c(-c6ccccn6)cc5nc4c4ccc(c2c34)C(=O)N1c1ccccn1. The number of benzene rings is 3. The summed E-state index contributed by atoms with van der Waals surface area (Å²) in [5.74, 6) is -0.736. The van der Waals surface area contributed by atoms with Crippen LogP contribution in [0.3, 0.4) is 0 Å². The highest BCUT2D eigenvalue weighted by atomic mass is 16.2. The molecule has 2 amide bonds. The maximum absolute atomic E-state index is 14.3. The molecule has 1 aliphatic rings. The number of rotatable bonds is 3. The van der Waals surface area contributed by atoms with Gasteiger partial charge >= 0.3 is 0 Å². The molecule has 3 aromatic carbocycles. The quantitative estimate of drug-likeness (QED) is 0.243. The van der Waals surface area contributed by atoms with Crippen molar-refractivity contribution in [1.29, 1.82) is 0 Å². The molecule has 6 heterocycles. The van der Waals surface area contributed by atoms with E-state index in [0.29, 0.717) is 49.4 Å². The van der Waals surface area contributed by atoms with Gasteiger partial charge in [0.1, 0.15) is 11.5 Å². The lowest BCUT2D eigenvalue weighted by Gasteiger charge is -2.27. The molecule has 0 saturated heterocycles. The van der Waals surface area contributed by atoms with Gasteiger partial charge in [-0.05, 0) is 72.8 Å². The Morgan fingerprint density at radius 3 is 1.77 bits per heavy atom. The molecular weight excluding hydrogens is 552 g/mol. The van der Waals surface area contributed by atoms with Crippen LogP contribution in [0.4, 0.5) is 5.82 Å². The fourth-order valence-corrected chi connectivity index (χ4v) is 6.34. The molecule has 206 valence electrons. The van der Waals surface area contributed by atoms with Gasteiger partial charge in [-0.25, -0.2) is 14.9 Å². The molecule has 8 aromatic rings. The van der Waals surface area contributed by atoms with Crippen LogP contribution in [-0.2, 0) is 0 Å². The molecule has 0 unspecified atom stereocenters. The average Bonchev–Trinajstić information content (AvgIpc) is 3.46. The van der Waals surface area contributed by atoms with Gasteiger partial charge in [-0.3, -0.25) is 28.8 Å². The summed E-state index contributed by atoms with van der Waals surface area (Å²) in [4.78, 5) is 61.1. The lowest BCUT2D eigenvalue weighted by atomic mass is 9.90. The van der Waals surface area contributed by atoms with Gasteiger partial charge in [0.25, 0.3) is 17.4 Å². The second-order valence-corrected chi connectivity index (χ2v) is 10.6. The third-order valence-electron chi connectivity index (χ3n) is 8.26. The average molecular weight is 571 g/mol. The summed E-state index contributed by atoms with van der Waals surface area (Å²) in [6, 6.07) is 27.1. The molecular formula is C35H18N6O3. The highest BCUT2D eigenvalue weighted by Gasteiger charge is 2.36. The van der Waals surface area contributed by atoms with Gasteiger partial charge in [-0.2, -0.15) is 0 Å². The van der Waals surface area contributed by atoms with E-state index in [4.69, 9.17) is 4.98 Å². The normalized spacial score (nSPS) is 13.1. The molecule has 0 saturated carbocycles. The number of pyridine rings is 4. The number of imidazole rings is 1. The van der Waals surface area contributed by atoms with Crippen molar-refractivity contribution in [2.24, 2.45) is 0 Å². The first kappa shape index (κ1) is 24.3. The van der Waals surface area contributed by atoms with Crippen molar-refractivity contribution in [3.8, 4) is 22.5 Å². The van der Waals surface area contributed by atoms with Gasteiger partial charge in [0, 0.05) is 62.4 Å².